The molecule has 1 heterocycles. The SMILES string of the molecule is CCSCCC(=O)NCc1ccc(-c2noc(C)n2)cc1. The second kappa shape index (κ2) is 7.83. The lowest BCUT2D eigenvalue weighted by atomic mass is 10.1. The minimum Gasteiger partial charge on any atom is -0.352 e. The lowest BCUT2D eigenvalue weighted by molar-refractivity contribution is -0.120. The van der Waals surface area contributed by atoms with E-state index in [0.29, 0.717) is 24.7 Å². The maximum atomic E-state index is 11.6. The van der Waals surface area contributed by atoms with Gasteiger partial charge in [0.15, 0.2) is 0 Å². The summed E-state index contributed by atoms with van der Waals surface area (Å²) in [5.74, 6) is 3.14. The van der Waals surface area contributed by atoms with Crippen LogP contribution in [0.1, 0.15) is 24.8 Å². The Morgan fingerprint density at radius 2 is 2.10 bits per heavy atom. The Morgan fingerprint density at radius 3 is 2.71 bits per heavy atom. The van der Waals surface area contributed by atoms with Crippen LogP contribution in [0.5, 0.6) is 0 Å². The fourth-order valence-electron chi connectivity index (χ4n) is 1.79. The van der Waals surface area contributed by atoms with Gasteiger partial charge in [0.05, 0.1) is 0 Å². The summed E-state index contributed by atoms with van der Waals surface area (Å²) in [5.41, 5.74) is 1.96. The molecule has 0 aliphatic heterocycles. The summed E-state index contributed by atoms with van der Waals surface area (Å²) >= 11 is 1.78. The molecular formula is C15H19N3O2S. The van der Waals surface area contributed by atoms with Crippen molar-refractivity contribution in [1.29, 1.82) is 0 Å². The first kappa shape index (κ1) is 15.6. The Kier molecular flexibility index (Phi) is 5.80. The molecule has 0 unspecified atom stereocenters. The predicted molar refractivity (Wildman–Crippen MR) is 83.9 cm³/mol. The molecule has 0 saturated carbocycles. The van der Waals surface area contributed by atoms with E-state index in [1.807, 2.05) is 24.3 Å². The van der Waals surface area contributed by atoms with E-state index in [9.17, 15) is 4.79 Å². The van der Waals surface area contributed by atoms with Gasteiger partial charge in [-0.05, 0) is 11.3 Å². The van der Waals surface area contributed by atoms with E-state index in [-0.39, 0.29) is 5.91 Å². The van der Waals surface area contributed by atoms with Crippen LogP contribution in [-0.2, 0) is 11.3 Å². The second-order valence-electron chi connectivity index (χ2n) is 4.56. The van der Waals surface area contributed by atoms with Gasteiger partial charge >= 0.3 is 0 Å². The van der Waals surface area contributed by atoms with Crippen molar-refractivity contribution in [2.24, 2.45) is 0 Å². The minimum atomic E-state index is 0.0915. The predicted octanol–water partition coefficient (Wildman–Crippen LogP) is 2.80. The van der Waals surface area contributed by atoms with Gasteiger partial charge in [-0.1, -0.05) is 36.3 Å². The Bertz CT molecular complexity index is 581. The molecule has 0 bridgehead atoms. The largest absolute Gasteiger partial charge is 0.352 e. The molecule has 1 aromatic carbocycles. The number of aromatic nitrogens is 2. The zero-order valence-electron chi connectivity index (χ0n) is 12.3. The zero-order valence-corrected chi connectivity index (χ0v) is 13.1. The van der Waals surface area contributed by atoms with Crippen molar-refractivity contribution in [3.8, 4) is 11.4 Å². The summed E-state index contributed by atoms with van der Waals surface area (Å²) in [7, 11) is 0. The van der Waals surface area contributed by atoms with Crippen LogP contribution in [0, 0.1) is 6.92 Å². The number of thioether (sulfide) groups is 1. The fourth-order valence-corrected chi connectivity index (χ4v) is 2.40. The third-order valence-electron chi connectivity index (χ3n) is 2.91. The Morgan fingerprint density at radius 1 is 1.33 bits per heavy atom. The van der Waals surface area contributed by atoms with E-state index in [4.69, 9.17) is 4.52 Å². The highest BCUT2D eigenvalue weighted by atomic mass is 32.2. The molecule has 0 saturated heterocycles. The zero-order chi connectivity index (χ0) is 15.1. The lowest BCUT2D eigenvalue weighted by Crippen LogP contribution is -2.22. The summed E-state index contributed by atoms with van der Waals surface area (Å²) in [6.45, 7) is 4.40. The van der Waals surface area contributed by atoms with E-state index in [1.54, 1.807) is 18.7 Å². The smallest absolute Gasteiger partial charge is 0.223 e. The van der Waals surface area contributed by atoms with Gasteiger partial charge in [-0.15, -0.1) is 0 Å². The average molecular weight is 305 g/mol. The fraction of sp³-hybridized carbons (Fsp3) is 0.400. The van der Waals surface area contributed by atoms with Gasteiger partial charge in [-0.2, -0.15) is 16.7 Å². The van der Waals surface area contributed by atoms with Gasteiger partial charge in [0, 0.05) is 31.2 Å². The van der Waals surface area contributed by atoms with E-state index in [2.05, 4.69) is 22.4 Å². The summed E-state index contributed by atoms with van der Waals surface area (Å²) in [5, 5.41) is 6.79. The molecule has 0 radical (unpaired) electrons. The molecule has 0 atom stereocenters. The molecule has 6 heteroatoms. The van der Waals surface area contributed by atoms with Crippen LogP contribution in [0.15, 0.2) is 28.8 Å². The number of amides is 1. The number of benzene rings is 1. The van der Waals surface area contributed by atoms with Crippen molar-refractivity contribution in [2.75, 3.05) is 11.5 Å². The highest BCUT2D eigenvalue weighted by Gasteiger charge is 2.06. The van der Waals surface area contributed by atoms with Crippen molar-refractivity contribution in [3.05, 3.63) is 35.7 Å². The Balaban J connectivity index is 1.84. The van der Waals surface area contributed by atoms with Crippen LogP contribution >= 0.6 is 11.8 Å². The van der Waals surface area contributed by atoms with E-state index < -0.39 is 0 Å². The van der Waals surface area contributed by atoms with Crippen LogP contribution in [0.4, 0.5) is 0 Å². The number of rotatable bonds is 7. The van der Waals surface area contributed by atoms with Gasteiger partial charge in [0.25, 0.3) is 0 Å². The molecule has 1 amide bonds. The number of carbonyl (C=O) groups excluding carboxylic acids is 1. The molecule has 2 rings (SSSR count). The second-order valence-corrected chi connectivity index (χ2v) is 5.95. The molecule has 0 fully saturated rings. The van der Waals surface area contributed by atoms with Gasteiger partial charge in [0.1, 0.15) is 0 Å². The van der Waals surface area contributed by atoms with Crippen molar-refractivity contribution >= 4 is 17.7 Å². The minimum absolute atomic E-state index is 0.0915. The maximum absolute atomic E-state index is 11.6. The average Bonchev–Trinajstić information content (AvgIpc) is 2.92. The van der Waals surface area contributed by atoms with Crippen molar-refractivity contribution in [2.45, 2.75) is 26.8 Å². The van der Waals surface area contributed by atoms with E-state index in [1.165, 1.54) is 0 Å². The van der Waals surface area contributed by atoms with E-state index in [0.717, 1.165) is 22.6 Å². The van der Waals surface area contributed by atoms with E-state index >= 15 is 0 Å². The number of hydrogen-bond acceptors (Lipinski definition) is 5. The number of nitrogens with one attached hydrogen (secondary N) is 1. The molecule has 112 valence electrons. The summed E-state index contributed by atoms with van der Waals surface area (Å²) < 4.78 is 4.95. The molecule has 5 nitrogen and oxygen atoms in total. The number of nitrogens with zero attached hydrogens (tertiary/aromatic N) is 2. The van der Waals surface area contributed by atoms with Gasteiger partial charge in [0.2, 0.25) is 17.6 Å². The standard InChI is InChI=1S/C15H19N3O2S/c1-3-21-9-8-14(19)16-10-12-4-6-13(7-5-12)15-17-11(2)20-18-15/h4-7H,3,8-10H2,1-2H3,(H,16,19). The quantitative estimate of drug-likeness (QED) is 0.797. The van der Waals surface area contributed by atoms with Gasteiger partial charge in [-0.25, -0.2) is 0 Å². The summed E-state index contributed by atoms with van der Waals surface area (Å²) in [6, 6.07) is 7.78. The summed E-state index contributed by atoms with van der Waals surface area (Å²) in [4.78, 5) is 15.8. The van der Waals surface area contributed by atoms with Crippen LogP contribution in [0.25, 0.3) is 11.4 Å². The molecule has 0 aliphatic rings. The van der Waals surface area contributed by atoms with Crippen LogP contribution in [0.2, 0.25) is 0 Å². The van der Waals surface area contributed by atoms with Crippen LogP contribution in [0.3, 0.4) is 0 Å². The van der Waals surface area contributed by atoms with Crippen molar-refractivity contribution in [1.82, 2.24) is 15.5 Å². The highest BCUT2D eigenvalue weighted by molar-refractivity contribution is 7.99. The highest BCUT2D eigenvalue weighted by Crippen LogP contribution is 2.16. The molecule has 0 spiro atoms. The molecular weight excluding hydrogens is 286 g/mol. The van der Waals surface area contributed by atoms with Gasteiger partial charge in [-0.3, -0.25) is 4.79 Å². The van der Waals surface area contributed by atoms with Crippen LogP contribution in [-0.4, -0.2) is 27.6 Å². The third-order valence-corrected chi connectivity index (χ3v) is 3.81. The number of carbonyl (C=O) groups is 1. The van der Waals surface area contributed by atoms with Crippen LogP contribution < -0.4 is 5.32 Å². The number of hydrogen-bond donors (Lipinski definition) is 1. The Hall–Kier alpha value is -1.82. The first-order chi connectivity index (χ1) is 10.2. The topological polar surface area (TPSA) is 68.0 Å². The number of aryl methyl sites for hydroxylation is 1. The summed E-state index contributed by atoms with van der Waals surface area (Å²) in [6.07, 6.45) is 0.568. The molecule has 1 aromatic heterocycles. The third kappa shape index (κ3) is 4.90. The first-order valence-corrected chi connectivity index (χ1v) is 8.08. The van der Waals surface area contributed by atoms with Gasteiger partial charge < -0.3 is 9.84 Å². The van der Waals surface area contributed by atoms with Crippen molar-refractivity contribution < 1.29 is 9.32 Å². The normalized spacial score (nSPS) is 10.6. The Labute approximate surface area is 128 Å². The first-order valence-electron chi connectivity index (χ1n) is 6.93. The lowest BCUT2D eigenvalue weighted by Gasteiger charge is -2.05. The molecule has 0 aliphatic carbocycles. The maximum Gasteiger partial charge on any atom is 0.223 e. The molecule has 1 N–H and O–H groups in total. The monoisotopic (exact) mass is 305 g/mol. The van der Waals surface area contributed by atoms with Crippen molar-refractivity contribution in [3.63, 3.8) is 0 Å². The molecule has 21 heavy (non-hydrogen) atoms. The molecule has 2 aromatic rings.